The summed E-state index contributed by atoms with van der Waals surface area (Å²) in [6.45, 7) is 3.96. The van der Waals surface area contributed by atoms with Gasteiger partial charge in [-0.25, -0.2) is 4.98 Å². The van der Waals surface area contributed by atoms with E-state index in [0.29, 0.717) is 29.5 Å². The van der Waals surface area contributed by atoms with Crippen molar-refractivity contribution in [2.45, 2.75) is 13.5 Å². The summed E-state index contributed by atoms with van der Waals surface area (Å²) in [6, 6.07) is 13.9. The number of fused-ring (bicyclic) bond motifs is 1. The summed E-state index contributed by atoms with van der Waals surface area (Å²) in [5.41, 5.74) is 3.99. The van der Waals surface area contributed by atoms with Crippen molar-refractivity contribution in [1.29, 1.82) is 0 Å². The average Bonchev–Trinajstić information content (AvgIpc) is 3.08. The fourth-order valence-electron chi connectivity index (χ4n) is 3.70. The van der Waals surface area contributed by atoms with Gasteiger partial charge in [-0.2, -0.15) is 0 Å². The van der Waals surface area contributed by atoms with Gasteiger partial charge in [-0.15, -0.1) is 11.3 Å². The number of thiazole rings is 1. The highest BCUT2D eigenvalue weighted by atomic mass is 32.1. The molecular formula is C23H25N3O3S. The average molecular weight is 424 g/mol. The Morgan fingerprint density at radius 2 is 1.83 bits per heavy atom. The van der Waals surface area contributed by atoms with Gasteiger partial charge in [0.1, 0.15) is 9.88 Å². The molecule has 30 heavy (non-hydrogen) atoms. The highest BCUT2D eigenvalue weighted by Crippen LogP contribution is 2.35. The second kappa shape index (κ2) is 8.36. The summed E-state index contributed by atoms with van der Waals surface area (Å²) in [5.74, 6) is 1.34. The lowest BCUT2D eigenvalue weighted by atomic mass is 10.1. The number of benzene rings is 2. The summed E-state index contributed by atoms with van der Waals surface area (Å²) < 4.78 is 10.7. The van der Waals surface area contributed by atoms with Crippen LogP contribution in [0.1, 0.15) is 20.9 Å². The molecule has 0 saturated heterocycles. The summed E-state index contributed by atoms with van der Waals surface area (Å²) in [7, 11) is 5.29. The van der Waals surface area contributed by atoms with Crippen LogP contribution in [0.5, 0.6) is 11.5 Å². The second-order valence-electron chi connectivity index (χ2n) is 7.28. The third kappa shape index (κ3) is 3.73. The van der Waals surface area contributed by atoms with E-state index in [1.165, 1.54) is 17.0 Å². The lowest BCUT2D eigenvalue weighted by molar-refractivity contribution is 0.0755. The van der Waals surface area contributed by atoms with Crippen LogP contribution in [0.15, 0.2) is 42.5 Å². The zero-order valence-corrected chi connectivity index (χ0v) is 18.5. The van der Waals surface area contributed by atoms with Crippen LogP contribution in [0.2, 0.25) is 0 Å². The molecule has 6 nitrogen and oxygen atoms in total. The number of amides is 1. The van der Waals surface area contributed by atoms with E-state index in [9.17, 15) is 4.79 Å². The Labute approximate surface area is 180 Å². The van der Waals surface area contributed by atoms with E-state index in [2.05, 4.69) is 29.1 Å². The quantitative estimate of drug-likeness (QED) is 0.629. The zero-order chi connectivity index (χ0) is 21.3. The number of nitrogens with zero attached hydrogens (tertiary/aromatic N) is 3. The van der Waals surface area contributed by atoms with E-state index in [1.807, 2.05) is 42.2 Å². The topological polar surface area (TPSA) is 54.9 Å². The van der Waals surface area contributed by atoms with Crippen molar-refractivity contribution in [1.82, 2.24) is 9.88 Å². The number of rotatable bonds is 4. The fourth-order valence-corrected chi connectivity index (χ4v) is 4.73. The highest BCUT2D eigenvalue weighted by Gasteiger charge is 2.25. The van der Waals surface area contributed by atoms with Crippen LogP contribution in [-0.2, 0) is 6.54 Å². The van der Waals surface area contributed by atoms with Crippen molar-refractivity contribution in [3.63, 3.8) is 0 Å². The number of hydrogen-bond acceptors (Lipinski definition) is 6. The molecule has 3 aromatic rings. The first-order chi connectivity index (χ1) is 14.5. The molecule has 0 bridgehead atoms. The highest BCUT2D eigenvalue weighted by molar-refractivity contribution is 7.17. The Hall–Kier alpha value is -3.06. The molecule has 0 unspecified atom stereocenters. The summed E-state index contributed by atoms with van der Waals surface area (Å²) >= 11 is 1.42. The Kier molecular flexibility index (Phi) is 5.63. The lowest BCUT2D eigenvalue weighted by Gasteiger charge is -2.20. The van der Waals surface area contributed by atoms with Gasteiger partial charge in [0.05, 0.1) is 19.9 Å². The monoisotopic (exact) mass is 423 g/mol. The first-order valence-corrected chi connectivity index (χ1v) is 10.6. The van der Waals surface area contributed by atoms with E-state index in [0.717, 1.165) is 28.4 Å². The normalized spacial score (nSPS) is 13.6. The predicted molar refractivity (Wildman–Crippen MR) is 120 cm³/mol. The van der Waals surface area contributed by atoms with Gasteiger partial charge in [-0.3, -0.25) is 4.79 Å². The minimum Gasteiger partial charge on any atom is -0.493 e. The molecule has 4 rings (SSSR count). The zero-order valence-electron chi connectivity index (χ0n) is 17.6. The van der Waals surface area contributed by atoms with Crippen molar-refractivity contribution in [2.75, 3.05) is 39.3 Å². The van der Waals surface area contributed by atoms with Crippen LogP contribution in [0.25, 0.3) is 10.6 Å². The maximum absolute atomic E-state index is 13.4. The molecule has 0 saturated carbocycles. The van der Waals surface area contributed by atoms with E-state index >= 15 is 0 Å². The number of para-hydroxylation sites is 1. The maximum atomic E-state index is 13.4. The van der Waals surface area contributed by atoms with Crippen molar-refractivity contribution in [3.05, 3.63) is 58.6 Å². The number of carbonyl (C=O) groups excluding carboxylic acids is 1. The molecule has 1 aliphatic rings. The summed E-state index contributed by atoms with van der Waals surface area (Å²) in [5, 5.41) is 0.796. The van der Waals surface area contributed by atoms with Gasteiger partial charge in [-0.05, 0) is 36.8 Å². The number of ether oxygens (including phenoxy) is 2. The first-order valence-electron chi connectivity index (χ1n) is 9.80. The predicted octanol–water partition coefficient (Wildman–Crippen LogP) is 4.23. The molecule has 7 heteroatoms. The number of hydrogen-bond donors (Lipinski definition) is 0. The molecule has 0 spiro atoms. The van der Waals surface area contributed by atoms with Gasteiger partial charge in [0.15, 0.2) is 11.5 Å². The number of anilines is 1. The number of methoxy groups -OCH3 is 2. The molecule has 0 aliphatic carbocycles. The van der Waals surface area contributed by atoms with Crippen molar-refractivity contribution < 1.29 is 14.3 Å². The molecule has 2 heterocycles. The van der Waals surface area contributed by atoms with Crippen molar-refractivity contribution in [2.24, 2.45) is 0 Å². The van der Waals surface area contributed by atoms with Crippen LogP contribution in [0.3, 0.4) is 0 Å². The van der Waals surface area contributed by atoms with Crippen LogP contribution >= 0.6 is 11.3 Å². The SMILES string of the molecule is COc1ccc(-c2nc(C)c(C(=O)N3CCN(C)c4ccccc4C3)s2)cc1OC. The Bertz CT molecular complexity index is 1080. The van der Waals surface area contributed by atoms with Crippen LogP contribution < -0.4 is 14.4 Å². The van der Waals surface area contributed by atoms with Crippen molar-refractivity contribution >= 4 is 22.9 Å². The fraction of sp³-hybridized carbons (Fsp3) is 0.304. The van der Waals surface area contributed by atoms with E-state index in [4.69, 9.17) is 9.47 Å². The Morgan fingerprint density at radius 3 is 2.60 bits per heavy atom. The van der Waals surface area contributed by atoms with Gasteiger partial charge in [-0.1, -0.05) is 18.2 Å². The third-order valence-electron chi connectivity index (χ3n) is 5.38. The third-order valence-corrected chi connectivity index (χ3v) is 6.57. The molecule has 2 aromatic carbocycles. The van der Waals surface area contributed by atoms with E-state index < -0.39 is 0 Å². The number of aromatic nitrogens is 1. The molecule has 1 aromatic heterocycles. The molecular weight excluding hydrogens is 398 g/mol. The Balaban J connectivity index is 1.63. The number of aryl methyl sites for hydroxylation is 1. The molecule has 0 radical (unpaired) electrons. The van der Waals surface area contributed by atoms with Gasteiger partial charge in [0, 0.05) is 37.9 Å². The van der Waals surface area contributed by atoms with Crippen LogP contribution in [0.4, 0.5) is 5.69 Å². The minimum atomic E-state index is 0.0295. The molecule has 0 N–H and O–H groups in total. The van der Waals surface area contributed by atoms with Gasteiger partial charge in [0.25, 0.3) is 5.91 Å². The van der Waals surface area contributed by atoms with E-state index in [1.54, 1.807) is 14.2 Å². The van der Waals surface area contributed by atoms with Crippen molar-refractivity contribution in [3.8, 4) is 22.1 Å². The first kappa shape index (κ1) is 20.2. The molecule has 1 amide bonds. The summed E-state index contributed by atoms with van der Waals surface area (Å²) in [6.07, 6.45) is 0. The second-order valence-corrected chi connectivity index (χ2v) is 8.28. The standard InChI is InChI=1S/C23H25N3O3S/c1-15-21(30-22(24-15)16-9-10-19(28-3)20(13-16)29-4)23(27)26-12-11-25(2)18-8-6-5-7-17(18)14-26/h5-10,13H,11-12,14H2,1-4H3. The van der Waals surface area contributed by atoms with Gasteiger partial charge in [0.2, 0.25) is 0 Å². The maximum Gasteiger partial charge on any atom is 0.266 e. The summed E-state index contributed by atoms with van der Waals surface area (Å²) in [4.78, 5) is 22.9. The number of likely N-dealkylation sites (N-methyl/N-ethyl adjacent to an activating group) is 1. The lowest BCUT2D eigenvalue weighted by Crippen LogP contribution is -2.34. The molecule has 0 fully saturated rings. The van der Waals surface area contributed by atoms with Crippen LogP contribution in [0, 0.1) is 6.92 Å². The minimum absolute atomic E-state index is 0.0295. The molecule has 156 valence electrons. The van der Waals surface area contributed by atoms with Crippen LogP contribution in [-0.4, -0.2) is 50.1 Å². The van der Waals surface area contributed by atoms with Gasteiger partial charge >= 0.3 is 0 Å². The largest absolute Gasteiger partial charge is 0.493 e. The molecule has 1 aliphatic heterocycles. The number of carbonyl (C=O) groups is 1. The molecule has 0 atom stereocenters. The smallest absolute Gasteiger partial charge is 0.266 e. The van der Waals surface area contributed by atoms with E-state index in [-0.39, 0.29) is 5.91 Å². The Morgan fingerprint density at radius 1 is 1.07 bits per heavy atom. The van der Waals surface area contributed by atoms with Gasteiger partial charge < -0.3 is 19.3 Å².